The molecule has 0 aromatic heterocycles. The summed E-state index contributed by atoms with van der Waals surface area (Å²) in [6.45, 7) is 8.34. The summed E-state index contributed by atoms with van der Waals surface area (Å²) < 4.78 is 28.7. The van der Waals surface area contributed by atoms with Crippen LogP contribution in [0.4, 0.5) is 0 Å². The van der Waals surface area contributed by atoms with Gasteiger partial charge in [-0.05, 0) is 43.9 Å². The number of rotatable bonds is 7. The fourth-order valence-electron chi connectivity index (χ4n) is 2.24. The van der Waals surface area contributed by atoms with Gasteiger partial charge in [-0.25, -0.2) is 13.6 Å². The second-order valence-corrected chi connectivity index (χ2v) is 7.12. The second-order valence-electron chi connectivity index (χ2n) is 5.50. The molecular weight excluding hydrogens is 274 g/mol. The van der Waals surface area contributed by atoms with Gasteiger partial charge in [-0.15, -0.1) is 0 Å². The Labute approximate surface area is 122 Å². The molecule has 114 valence electrons. The summed E-state index contributed by atoms with van der Waals surface area (Å²) >= 11 is 0. The lowest BCUT2D eigenvalue weighted by molar-refractivity contribution is 0.153. The predicted molar refractivity (Wildman–Crippen MR) is 82.4 cm³/mol. The predicted octanol–water partition coefficient (Wildman–Crippen LogP) is 2.78. The molecule has 0 aliphatic heterocycles. The highest BCUT2D eigenvalue weighted by molar-refractivity contribution is 7.89. The van der Waals surface area contributed by atoms with E-state index in [0.717, 1.165) is 16.9 Å². The molecule has 0 saturated carbocycles. The zero-order valence-electron chi connectivity index (χ0n) is 12.8. The van der Waals surface area contributed by atoms with Crippen molar-refractivity contribution in [2.45, 2.75) is 40.5 Å². The largest absolute Gasteiger partial charge is 0.493 e. The summed E-state index contributed by atoms with van der Waals surface area (Å²) in [6, 6.07) is 5.88. The molecule has 20 heavy (non-hydrogen) atoms. The lowest BCUT2D eigenvalue weighted by Gasteiger charge is -2.30. The van der Waals surface area contributed by atoms with Crippen molar-refractivity contribution in [3.05, 3.63) is 29.3 Å². The fourth-order valence-corrected chi connectivity index (χ4v) is 3.58. The standard InChI is InChI=1S/C15H25NO3S/c1-5-15(6-2,11-20(16,17)18)10-19-14-9-7-8-12(3)13(14)4/h7-9H,5-6,10-11H2,1-4H3,(H2,16,17,18). The van der Waals surface area contributed by atoms with Crippen LogP contribution in [0.3, 0.4) is 0 Å². The monoisotopic (exact) mass is 299 g/mol. The van der Waals surface area contributed by atoms with Gasteiger partial charge in [-0.1, -0.05) is 26.0 Å². The van der Waals surface area contributed by atoms with E-state index in [2.05, 4.69) is 0 Å². The second kappa shape index (κ2) is 6.59. The zero-order chi connectivity index (χ0) is 15.4. The van der Waals surface area contributed by atoms with Gasteiger partial charge < -0.3 is 4.74 Å². The summed E-state index contributed by atoms with van der Waals surface area (Å²) in [4.78, 5) is 0. The third-order valence-corrected chi connectivity index (χ3v) is 5.11. The molecule has 5 heteroatoms. The van der Waals surface area contributed by atoms with E-state index >= 15 is 0 Å². The SMILES string of the molecule is CCC(CC)(COc1cccc(C)c1C)CS(N)(=O)=O. The van der Waals surface area contributed by atoms with E-state index in [9.17, 15) is 8.42 Å². The lowest BCUT2D eigenvalue weighted by atomic mass is 9.85. The van der Waals surface area contributed by atoms with Crippen LogP contribution in [0, 0.1) is 19.3 Å². The Bertz CT molecular complexity index is 548. The molecule has 0 radical (unpaired) electrons. The van der Waals surface area contributed by atoms with Crippen LogP contribution < -0.4 is 9.88 Å². The normalized spacial score (nSPS) is 12.4. The molecule has 0 atom stereocenters. The summed E-state index contributed by atoms with van der Waals surface area (Å²) in [6.07, 6.45) is 1.43. The van der Waals surface area contributed by atoms with Crippen LogP contribution in [-0.4, -0.2) is 20.8 Å². The molecule has 0 bridgehead atoms. The van der Waals surface area contributed by atoms with E-state index in [4.69, 9.17) is 9.88 Å². The van der Waals surface area contributed by atoms with E-state index in [0.29, 0.717) is 19.4 Å². The summed E-state index contributed by atoms with van der Waals surface area (Å²) in [5, 5.41) is 5.21. The number of aryl methyl sites for hydroxylation is 1. The van der Waals surface area contributed by atoms with E-state index in [-0.39, 0.29) is 5.75 Å². The minimum atomic E-state index is -3.51. The average molecular weight is 299 g/mol. The Balaban J connectivity index is 2.90. The fraction of sp³-hybridized carbons (Fsp3) is 0.600. The third kappa shape index (κ3) is 4.49. The van der Waals surface area contributed by atoms with Gasteiger partial charge in [0.2, 0.25) is 10.0 Å². The van der Waals surface area contributed by atoms with Crippen molar-refractivity contribution in [1.29, 1.82) is 0 Å². The van der Waals surface area contributed by atoms with Gasteiger partial charge in [-0.3, -0.25) is 0 Å². The molecule has 1 aromatic rings. The number of hydrogen-bond donors (Lipinski definition) is 1. The van der Waals surface area contributed by atoms with Gasteiger partial charge in [0.05, 0.1) is 12.4 Å². The third-order valence-electron chi connectivity index (χ3n) is 4.10. The van der Waals surface area contributed by atoms with E-state index in [1.807, 2.05) is 45.9 Å². The van der Waals surface area contributed by atoms with Gasteiger partial charge in [0.25, 0.3) is 0 Å². The Morgan fingerprint density at radius 2 is 1.80 bits per heavy atom. The molecule has 1 rings (SSSR count). The van der Waals surface area contributed by atoms with Gasteiger partial charge in [-0.2, -0.15) is 0 Å². The number of sulfonamides is 1. The number of primary sulfonamides is 1. The molecule has 4 nitrogen and oxygen atoms in total. The van der Waals surface area contributed by atoms with Crippen molar-refractivity contribution in [3.63, 3.8) is 0 Å². The van der Waals surface area contributed by atoms with Crippen LogP contribution in [0.25, 0.3) is 0 Å². The Hall–Kier alpha value is -1.07. The first-order valence-electron chi connectivity index (χ1n) is 6.92. The maximum Gasteiger partial charge on any atom is 0.209 e. The molecule has 0 amide bonds. The zero-order valence-corrected chi connectivity index (χ0v) is 13.6. The number of nitrogens with two attached hydrogens (primary N) is 1. The van der Waals surface area contributed by atoms with Crippen LogP contribution in [0.1, 0.15) is 37.8 Å². The Morgan fingerprint density at radius 3 is 2.30 bits per heavy atom. The maximum absolute atomic E-state index is 11.4. The minimum absolute atomic E-state index is 0.0438. The van der Waals surface area contributed by atoms with Crippen LogP contribution in [-0.2, 0) is 10.0 Å². The van der Waals surface area contributed by atoms with Gasteiger partial charge in [0, 0.05) is 5.41 Å². The minimum Gasteiger partial charge on any atom is -0.493 e. The molecule has 0 saturated heterocycles. The average Bonchev–Trinajstić information content (AvgIpc) is 2.37. The van der Waals surface area contributed by atoms with Gasteiger partial charge in [0.1, 0.15) is 5.75 Å². The molecular formula is C15H25NO3S. The quantitative estimate of drug-likeness (QED) is 0.841. The van der Waals surface area contributed by atoms with Crippen LogP contribution in [0.15, 0.2) is 18.2 Å². The van der Waals surface area contributed by atoms with Crippen molar-refractivity contribution < 1.29 is 13.2 Å². The maximum atomic E-state index is 11.4. The topological polar surface area (TPSA) is 69.4 Å². The molecule has 1 aromatic carbocycles. The molecule has 0 unspecified atom stereocenters. The van der Waals surface area contributed by atoms with Crippen molar-refractivity contribution in [1.82, 2.24) is 0 Å². The molecule has 2 N–H and O–H groups in total. The first kappa shape index (κ1) is 17.0. The van der Waals surface area contributed by atoms with Crippen LogP contribution in [0.2, 0.25) is 0 Å². The summed E-state index contributed by atoms with van der Waals surface area (Å²) in [5.74, 6) is 0.767. The summed E-state index contributed by atoms with van der Waals surface area (Å²) in [7, 11) is -3.51. The van der Waals surface area contributed by atoms with Crippen molar-refractivity contribution in [2.24, 2.45) is 10.6 Å². The van der Waals surface area contributed by atoms with E-state index < -0.39 is 15.4 Å². The number of benzene rings is 1. The Morgan fingerprint density at radius 1 is 1.20 bits per heavy atom. The van der Waals surface area contributed by atoms with Crippen LogP contribution in [0.5, 0.6) is 5.75 Å². The molecule has 0 fully saturated rings. The molecule has 0 aliphatic rings. The van der Waals surface area contributed by atoms with E-state index in [1.165, 1.54) is 0 Å². The Kier molecular flexibility index (Phi) is 5.59. The van der Waals surface area contributed by atoms with Gasteiger partial charge in [0.15, 0.2) is 0 Å². The molecule has 0 spiro atoms. The lowest BCUT2D eigenvalue weighted by Crippen LogP contribution is -2.37. The van der Waals surface area contributed by atoms with Crippen LogP contribution >= 0.6 is 0 Å². The van der Waals surface area contributed by atoms with E-state index in [1.54, 1.807) is 0 Å². The highest BCUT2D eigenvalue weighted by Crippen LogP contribution is 2.30. The summed E-state index contributed by atoms with van der Waals surface area (Å²) in [5.41, 5.74) is 1.82. The van der Waals surface area contributed by atoms with Gasteiger partial charge >= 0.3 is 0 Å². The highest BCUT2D eigenvalue weighted by Gasteiger charge is 2.32. The smallest absolute Gasteiger partial charge is 0.209 e. The highest BCUT2D eigenvalue weighted by atomic mass is 32.2. The number of ether oxygens (including phenoxy) is 1. The molecule has 0 heterocycles. The van der Waals surface area contributed by atoms with Crippen molar-refractivity contribution >= 4 is 10.0 Å². The van der Waals surface area contributed by atoms with Crippen molar-refractivity contribution in [3.8, 4) is 5.75 Å². The molecule has 0 aliphatic carbocycles. The van der Waals surface area contributed by atoms with Crippen molar-refractivity contribution in [2.75, 3.05) is 12.4 Å². The first-order valence-corrected chi connectivity index (χ1v) is 8.64. The first-order chi connectivity index (χ1) is 9.23. The number of hydrogen-bond acceptors (Lipinski definition) is 3.